The molecule has 1 unspecified atom stereocenters. The monoisotopic (exact) mass is 307 g/mol. The average Bonchev–Trinajstić information content (AvgIpc) is 2.77. The Labute approximate surface area is 131 Å². The van der Waals surface area contributed by atoms with Crippen molar-refractivity contribution in [3.05, 3.63) is 56.2 Å². The summed E-state index contributed by atoms with van der Waals surface area (Å²) >= 11 is 8.22. The second-order valence-corrected chi connectivity index (χ2v) is 6.52. The second-order valence-electron chi connectivity index (χ2n) is 5.23. The lowest BCUT2D eigenvalue weighted by Crippen LogP contribution is -2.23. The highest BCUT2D eigenvalue weighted by Gasteiger charge is 2.18. The standard InChI is InChI=1S/C17H22ClNS/c1-4-9-19-15(17-16(18)13(3)11-20-17)10-14-8-6-5-7-12(14)2/h5-8,11,15,19H,4,9-10H2,1-3H3. The number of aryl methyl sites for hydroxylation is 2. The number of halogens is 1. The van der Waals surface area contributed by atoms with Crippen LogP contribution in [0, 0.1) is 13.8 Å². The normalized spacial score (nSPS) is 12.6. The maximum absolute atomic E-state index is 6.46. The zero-order valence-corrected chi connectivity index (χ0v) is 13.9. The van der Waals surface area contributed by atoms with E-state index in [9.17, 15) is 0 Å². The van der Waals surface area contributed by atoms with Gasteiger partial charge in [0.1, 0.15) is 0 Å². The third kappa shape index (κ3) is 3.63. The molecule has 1 aromatic carbocycles. The highest BCUT2D eigenvalue weighted by molar-refractivity contribution is 7.10. The van der Waals surface area contributed by atoms with E-state index in [1.807, 2.05) is 0 Å². The van der Waals surface area contributed by atoms with E-state index in [0.29, 0.717) is 6.04 Å². The van der Waals surface area contributed by atoms with E-state index in [2.05, 4.69) is 55.7 Å². The first-order valence-corrected chi connectivity index (χ1v) is 8.40. The Balaban J connectivity index is 2.24. The van der Waals surface area contributed by atoms with Gasteiger partial charge in [-0.05, 0) is 55.3 Å². The Kier molecular flexibility index (Phi) is 5.64. The van der Waals surface area contributed by atoms with Crippen LogP contribution in [0.5, 0.6) is 0 Å². The zero-order valence-electron chi connectivity index (χ0n) is 12.4. The number of nitrogens with one attached hydrogen (secondary N) is 1. The van der Waals surface area contributed by atoms with E-state index in [1.165, 1.54) is 21.6 Å². The van der Waals surface area contributed by atoms with Crippen molar-refractivity contribution >= 4 is 22.9 Å². The summed E-state index contributed by atoms with van der Waals surface area (Å²) in [7, 11) is 0. The van der Waals surface area contributed by atoms with Crippen molar-refractivity contribution in [3.8, 4) is 0 Å². The molecular formula is C17H22ClNS. The van der Waals surface area contributed by atoms with Gasteiger partial charge in [0.05, 0.1) is 5.02 Å². The molecule has 0 amide bonds. The molecule has 0 saturated carbocycles. The lowest BCUT2D eigenvalue weighted by Gasteiger charge is -2.19. The van der Waals surface area contributed by atoms with Crippen molar-refractivity contribution in [2.24, 2.45) is 0 Å². The van der Waals surface area contributed by atoms with Crippen LogP contribution in [0.4, 0.5) is 0 Å². The van der Waals surface area contributed by atoms with Crippen molar-refractivity contribution in [1.82, 2.24) is 5.32 Å². The van der Waals surface area contributed by atoms with Crippen LogP contribution in [0.15, 0.2) is 29.6 Å². The minimum Gasteiger partial charge on any atom is -0.309 e. The molecule has 2 aromatic rings. The Bertz CT molecular complexity index is 562. The van der Waals surface area contributed by atoms with Gasteiger partial charge < -0.3 is 5.32 Å². The van der Waals surface area contributed by atoms with Crippen LogP contribution in [0.3, 0.4) is 0 Å². The lowest BCUT2D eigenvalue weighted by atomic mass is 10.00. The summed E-state index contributed by atoms with van der Waals surface area (Å²) in [5, 5.41) is 6.72. The second kappa shape index (κ2) is 7.26. The Morgan fingerprint density at radius 3 is 2.55 bits per heavy atom. The first-order valence-electron chi connectivity index (χ1n) is 7.14. The Morgan fingerprint density at radius 2 is 1.95 bits per heavy atom. The summed E-state index contributed by atoms with van der Waals surface area (Å²) in [4.78, 5) is 1.26. The minimum absolute atomic E-state index is 0.308. The molecule has 20 heavy (non-hydrogen) atoms. The van der Waals surface area contributed by atoms with E-state index < -0.39 is 0 Å². The molecule has 1 heterocycles. The predicted octanol–water partition coefficient (Wildman–Crippen LogP) is 5.30. The number of benzene rings is 1. The topological polar surface area (TPSA) is 12.0 Å². The van der Waals surface area contributed by atoms with Gasteiger partial charge in [-0.3, -0.25) is 0 Å². The molecule has 1 N–H and O–H groups in total. The molecule has 0 aliphatic carbocycles. The third-order valence-electron chi connectivity index (χ3n) is 3.57. The fourth-order valence-corrected chi connectivity index (χ4v) is 3.72. The Hall–Kier alpha value is -0.830. The van der Waals surface area contributed by atoms with E-state index in [0.717, 1.165) is 24.4 Å². The molecule has 0 bridgehead atoms. The molecule has 1 nitrogen and oxygen atoms in total. The van der Waals surface area contributed by atoms with Crippen LogP contribution in [0.1, 0.15) is 41.0 Å². The number of thiophene rings is 1. The first-order chi connectivity index (χ1) is 9.63. The molecule has 0 aliphatic heterocycles. The predicted molar refractivity (Wildman–Crippen MR) is 90.0 cm³/mol. The van der Waals surface area contributed by atoms with Gasteiger partial charge >= 0.3 is 0 Å². The molecule has 0 fully saturated rings. The quantitative estimate of drug-likeness (QED) is 0.763. The summed E-state index contributed by atoms with van der Waals surface area (Å²) in [6.07, 6.45) is 2.12. The van der Waals surface area contributed by atoms with Crippen molar-refractivity contribution in [3.63, 3.8) is 0 Å². The Morgan fingerprint density at radius 1 is 1.20 bits per heavy atom. The van der Waals surface area contributed by atoms with Crippen LogP contribution in [-0.2, 0) is 6.42 Å². The molecule has 2 rings (SSSR count). The molecular weight excluding hydrogens is 286 g/mol. The van der Waals surface area contributed by atoms with Gasteiger partial charge in [-0.15, -0.1) is 11.3 Å². The van der Waals surface area contributed by atoms with Crippen LogP contribution in [0.25, 0.3) is 0 Å². The lowest BCUT2D eigenvalue weighted by molar-refractivity contribution is 0.535. The van der Waals surface area contributed by atoms with Crippen molar-refractivity contribution < 1.29 is 0 Å². The summed E-state index contributed by atoms with van der Waals surface area (Å²) < 4.78 is 0. The average molecular weight is 308 g/mol. The summed E-state index contributed by atoms with van der Waals surface area (Å²) in [5.41, 5.74) is 3.92. The highest BCUT2D eigenvalue weighted by Crippen LogP contribution is 2.34. The fraction of sp³-hybridized carbons (Fsp3) is 0.412. The maximum Gasteiger partial charge on any atom is 0.0590 e. The SMILES string of the molecule is CCCNC(Cc1ccccc1C)c1scc(C)c1Cl. The highest BCUT2D eigenvalue weighted by atomic mass is 35.5. The van der Waals surface area contributed by atoms with E-state index in [-0.39, 0.29) is 0 Å². The zero-order chi connectivity index (χ0) is 14.5. The van der Waals surface area contributed by atoms with Gasteiger partial charge in [-0.2, -0.15) is 0 Å². The molecule has 1 aromatic heterocycles. The van der Waals surface area contributed by atoms with Crippen LogP contribution < -0.4 is 5.32 Å². The van der Waals surface area contributed by atoms with Gasteiger partial charge in [0, 0.05) is 10.9 Å². The third-order valence-corrected chi connectivity index (χ3v) is 5.40. The molecule has 0 radical (unpaired) electrons. The molecule has 0 saturated heterocycles. The molecule has 108 valence electrons. The van der Waals surface area contributed by atoms with Gasteiger partial charge in [-0.1, -0.05) is 42.8 Å². The van der Waals surface area contributed by atoms with Crippen LogP contribution >= 0.6 is 22.9 Å². The smallest absolute Gasteiger partial charge is 0.0590 e. The van der Waals surface area contributed by atoms with Gasteiger partial charge in [0.25, 0.3) is 0 Å². The summed E-state index contributed by atoms with van der Waals surface area (Å²) in [6, 6.07) is 8.90. The molecule has 3 heteroatoms. The van der Waals surface area contributed by atoms with Gasteiger partial charge in [0.15, 0.2) is 0 Å². The van der Waals surface area contributed by atoms with Crippen LogP contribution in [0.2, 0.25) is 5.02 Å². The van der Waals surface area contributed by atoms with Crippen molar-refractivity contribution in [1.29, 1.82) is 0 Å². The van der Waals surface area contributed by atoms with Crippen molar-refractivity contribution in [2.45, 2.75) is 39.7 Å². The molecule has 1 atom stereocenters. The largest absolute Gasteiger partial charge is 0.309 e. The summed E-state index contributed by atoms with van der Waals surface area (Å²) in [5.74, 6) is 0. The summed E-state index contributed by atoms with van der Waals surface area (Å²) in [6.45, 7) is 7.46. The van der Waals surface area contributed by atoms with E-state index >= 15 is 0 Å². The number of hydrogen-bond donors (Lipinski definition) is 1. The first kappa shape index (κ1) is 15.6. The number of rotatable bonds is 6. The minimum atomic E-state index is 0.308. The number of hydrogen-bond acceptors (Lipinski definition) is 2. The van der Waals surface area contributed by atoms with E-state index in [4.69, 9.17) is 11.6 Å². The van der Waals surface area contributed by atoms with E-state index in [1.54, 1.807) is 11.3 Å². The van der Waals surface area contributed by atoms with Gasteiger partial charge in [-0.25, -0.2) is 0 Å². The van der Waals surface area contributed by atoms with Gasteiger partial charge in [0.2, 0.25) is 0 Å². The van der Waals surface area contributed by atoms with Crippen LogP contribution in [-0.4, -0.2) is 6.54 Å². The fourth-order valence-electron chi connectivity index (χ4n) is 2.32. The maximum atomic E-state index is 6.46. The van der Waals surface area contributed by atoms with Crippen molar-refractivity contribution in [2.75, 3.05) is 6.54 Å². The molecule has 0 aliphatic rings. The molecule has 0 spiro atoms.